The van der Waals surface area contributed by atoms with Gasteiger partial charge < -0.3 is 14.8 Å². The van der Waals surface area contributed by atoms with Crippen LogP contribution < -0.4 is 15.6 Å². The fourth-order valence-electron chi connectivity index (χ4n) is 4.14. The highest BCUT2D eigenvalue weighted by Gasteiger charge is 2.27. The van der Waals surface area contributed by atoms with Crippen LogP contribution in [0.2, 0.25) is 0 Å². The van der Waals surface area contributed by atoms with E-state index in [0.29, 0.717) is 34.4 Å². The number of nitrogens with zero attached hydrogens (tertiary/aromatic N) is 3. The lowest BCUT2D eigenvalue weighted by Gasteiger charge is -2.23. The SMILES string of the molecule is CCn1c2c(C(C)=O)c(=O)c3cccc(NC(C)=O)c3c-2nc2ccc(N(C)C)cc21. The number of benzene rings is 3. The number of nitrogens with one attached hydrogen (secondary N) is 1. The van der Waals surface area contributed by atoms with Gasteiger partial charge in [0.05, 0.1) is 33.7 Å². The van der Waals surface area contributed by atoms with Gasteiger partial charge in [-0.25, -0.2) is 4.98 Å². The Morgan fingerprint density at radius 2 is 1.87 bits per heavy atom. The minimum Gasteiger partial charge on any atom is -0.378 e. The number of carbonyl (C=O) groups is 2. The lowest BCUT2D eigenvalue weighted by atomic mass is 9.94. The smallest absolute Gasteiger partial charge is 0.221 e. The van der Waals surface area contributed by atoms with Gasteiger partial charge in [0.15, 0.2) is 11.2 Å². The van der Waals surface area contributed by atoms with Crippen LogP contribution in [0.25, 0.3) is 33.2 Å². The van der Waals surface area contributed by atoms with Crippen LogP contribution in [0.1, 0.15) is 31.1 Å². The van der Waals surface area contributed by atoms with Crippen LogP contribution in [-0.2, 0) is 11.3 Å². The van der Waals surface area contributed by atoms with Crippen molar-refractivity contribution in [1.29, 1.82) is 0 Å². The summed E-state index contributed by atoms with van der Waals surface area (Å²) in [4.78, 5) is 44.8. The van der Waals surface area contributed by atoms with E-state index in [2.05, 4.69) is 5.32 Å². The maximum absolute atomic E-state index is 13.4. The highest BCUT2D eigenvalue weighted by molar-refractivity contribution is 6.14. The van der Waals surface area contributed by atoms with E-state index in [1.54, 1.807) is 18.2 Å². The van der Waals surface area contributed by atoms with Gasteiger partial charge in [0, 0.05) is 44.0 Å². The van der Waals surface area contributed by atoms with Crippen molar-refractivity contribution in [3.8, 4) is 11.4 Å². The average molecular weight is 416 g/mol. The predicted molar refractivity (Wildman–Crippen MR) is 124 cm³/mol. The fraction of sp³-hybridized carbons (Fsp3) is 0.250. The first kappa shape index (κ1) is 20.5. The molecule has 2 aromatic rings. The lowest BCUT2D eigenvalue weighted by molar-refractivity contribution is -0.114. The Bertz CT molecular complexity index is 1400. The van der Waals surface area contributed by atoms with E-state index in [1.165, 1.54) is 13.8 Å². The van der Waals surface area contributed by atoms with Gasteiger partial charge in [0.1, 0.15) is 0 Å². The topological polar surface area (TPSA) is 84.3 Å². The van der Waals surface area contributed by atoms with Gasteiger partial charge in [-0.05, 0) is 38.1 Å². The highest BCUT2D eigenvalue weighted by Crippen LogP contribution is 2.37. The van der Waals surface area contributed by atoms with Crippen LogP contribution >= 0.6 is 0 Å². The number of anilines is 2. The molecule has 1 aliphatic heterocycles. The molecule has 1 amide bonds. The molecule has 0 saturated heterocycles. The lowest BCUT2D eigenvalue weighted by Crippen LogP contribution is -2.22. The molecule has 1 N–H and O–H groups in total. The summed E-state index contributed by atoms with van der Waals surface area (Å²) in [5.74, 6) is -0.558. The number of carbonyl (C=O) groups excluding carboxylic acids is 2. The molecule has 0 unspecified atom stereocenters. The molecule has 1 aliphatic carbocycles. The summed E-state index contributed by atoms with van der Waals surface area (Å²) >= 11 is 0. The Labute approximate surface area is 179 Å². The predicted octanol–water partition coefficient (Wildman–Crippen LogP) is 3.90. The molecule has 2 aliphatic rings. The van der Waals surface area contributed by atoms with Crippen molar-refractivity contribution in [1.82, 2.24) is 9.55 Å². The van der Waals surface area contributed by atoms with E-state index >= 15 is 0 Å². The normalized spacial score (nSPS) is 11.3. The van der Waals surface area contributed by atoms with E-state index in [4.69, 9.17) is 4.98 Å². The van der Waals surface area contributed by atoms with E-state index in [1.807, 2.05) is 48.7 Å². The second-order valence-electron chi connectivity index (χ2n) is 7.79. The van der Waals surface area contributed by atoms with Gasteiger partial charge in [0.25, 0.3) is 0 Å². The number of rotatable bonds is 4. The van der Waals surface area contributed by atoms with Crippen LogP contribution in [0.5, 0.6) is 0 Å². The molecule has 7 nitrogen and oxygen atoms in total. The number of hydrogen-bond donors (Lipinski definition) is 1. The molecule has 0 aromatic heterocycles. The third kappa shape index (κ3) is 3.22. The molecule has 0 bridgehead atoms. The zero-order valence-electron chi connectivity index (χ0n) is 18.2. The maximum Gasteiger partial charge on any atom is 0.221 e. The summed E-state index contributed by atoms with van der Waals surface area (Å²) in [5, 5.41) is 3.72. The summed E-state index contributed by atoms with van der Waals surface area (Å²) in [6.07, 6.45) is 0. The second-order valence-corrected chi connectivity index (χ2v) is 7.79. The molecule has 4 rings (SSSR count). The van der Waals surface area contributed by atoms with Gasteiger partial charge >= 0.3 is 0 Å². The van der Waals surface area contributed by atoms with Crippen molar-refractivity contribution >= 4 is 44.9 Å². The Balaban J connectivity index is 2.31. The standard InChI is InChI=1S/C24H24N4O3/c1-6-28-19-12-15(27(4)5)10-11-17(19)26-22-21-16(8-7-9-18(21)25-14(3)30)24(31)20(13(2)29)23(22)28/h7-12H,6H2,1-5H3,(H,25,30). The number of ketones is 1. The number of Topliss-reactive ketones (excluding diaryl/α,β-unsaturated/α-hetero) is 1. The van der Waals surface area contributed by atoms with Crippen LogP contribution in [0, 0.1) is 0 Å². The van der Waals surface area contributed by atoms with Gasteiger partial charge in [-0.2, -0.15) is 0 Å². The Hall–Kier alpha value is -3.74. The molecule has 158 valence electrons. The van der Waals surface area contributed by atoms with Crippen molar-refractivity contribution in [2.45, 2.75) is 27.3 Å². The van der Waals surface area contributed by atoms with Crippen molar-refractivity contribution in [2.24, 2.45) is 0 Å². The summed E-state index contributed by atoms with van der Waals surface area (Å²) in [7, 11) is 3.91. The third-order valence-corrected chi connectivity index (χ3v) is 5.48. The van der Waals surface area contributed by atoms with Crippen molar-refractivity contribution < 1.29 is 9.59 Å². The van der Waals surface area contributed by atoms with Gasteiger partial charge in [-0.15, -0.1) is 0 Å². The quantitative estimate of drug-likeness (QED) is 0.310. The first-order valence-corrected chi connectivity index (χ1v) is 10.1. The van der Waals surface area contributed by atoms with Crippen molar-refractivity contribution in [3.05, 3.63) is 52.2 Å². The second kappa shape index (κ2) is 7.50. The van der Waals surface area contributed by atoms with Crippen LogP contribution in [-0.4, -0.2) is 35.3 Å². The molecular weight excluding hydrogens is 392 g/mol. The third-order valence-electron chi connectivity index (χ3n) is 5.48. The monoisotopic (exact) mass is 416 g/mol. The minimum atomic E-state index is -0.352. The number of aryl methyl sites for hydroxylation is 1. The van der Waals surface area contributed by atoms with E-state index in [9.17, 15) is 14.4 Å². The molecule has 1 heterocycles. The van der Waals surface area contributed by atoms with Crippen LogP contribution in [0.15, 0.2) is 41.2 Å². The Kier molecular flexibility index (Phi) is 4.97. The summed E-state index contributed by atoms with van der Waals surface area (Å²) in [6.45, 7) is 5.33. The van der Waals surface area contributed by atoms with E-state index < -0.39 is 0 Å². The highest BCUT2D eigenvalue weighted by atomic mass is 16.1. The molecular formula is C24H24N4O3. The summed E-state index contributed by atoms with van der Waals surface area (Å²) in [6, 6.07) is 11.0. The largest absolute Gasteiger partial charge is 0.378 e. The van der Waals surface area contributed by atoms with Crippen molar-refractivity contribution in [3.63, 3.8) is 0 Å². The summed E-state index contributed by atoms with van der Waals surface area (Å²) < 4.78 is 1.97. The molecule has 0 atom stereocenters. The van der Waals surface area contributed by atoms with Gasteiger partial charge in [-0.3, -0.25) is 14.4 Å². The number of fused-ring (bicyclic) bond motifs is 4. The first-order chi connectivity index (χ1) is 14.7. The van der Waals surface area contributed by atoms with Gasteiger partial charge in [-0.1, -0.05) is 12.1 Å². The molecule has 0 radical (unpaired) electrons. The zero-order chi connectivity index (χ0) is 22.4. The first-order valence-electron chi connectivity index (χ1n) is 10.1. The Morgan fingerprint density at radius 3 is 2.48 bits per heavy atom. The average Bonchev–Trinajstić information content (AvgIpc) is 2.71. The zero-order valence-corrected chi connectivity index (χ0v) is 18.2. The van der Waals surface area contributed by atoms with Crippen molar-refractivity contribution in [2.75, 3.05) is 24.3 Å². The number of aromatic nitrogens is 2. The summed E-state index contributed by atoms with van der Waals surface area (Å²) in [5.41, 5.74) is 3.85. The molecule has 2 aromatic carbocycles. The molecule has 7 heteroatoms. The minimum absolute atomic E-state index is 0.119. The van der Waals surface area contributed by atoms with E-state index in [-0.39, 0.29) is 22.7 Å². The molecule has 0 spiro atoms. The molecule has 0 saturated carbocycles. The van der Waals surface area contributed by atoms with E-state index in [0.717, 1.165) is 16.7 Å². The van der Waals surface area contributed by atoms with Crippen LogP contribution in [0.4, 0.5) is 11.4 Å². The van der Waals surface area contributed by atoms with Gasteiger partial charge in [0.2, 0.25) is 5.91 Å². The number of amides is 1. The number of hydrogen-bond acceptors (Lipinski definition) is 5. The maximum atomic E-state index is 13.4. The Morgan fingerprint density at radius 1 is 1.13 bits per heavy atom. The van der Waals surface area contributed by atoms with Crippen LogP contribution in [0.3, 0.4) is 0 Å². The fourth-order valence-corrected chi connectivity index (χ4v) is 4.14. The molecule has 31 heavy (non-hydrogen) atoms. The molecule has 0 fully saturated rings.